The first kappa shape index (κ1) is 35.9. The predicted molar refractivity (Wildman–Crippen MR) is 175 cm³/mol. The van der Waals surface area contributed by atoms with Gasteiger partial charge in [-0.25, -0.2) is 0 Å². The zero-order chi connectivity index (χ0) is 26.1. The molecule has 0 bridgehead atoms. The summed E-state index contributed by atoms with van der Waals surface area (Å²) in [6, 6.07) is 0. The molecule has 0 N–H and O–H groups in total. The van der Waals surface area contributed by atoms with E-state index in [0.717, 1.165) is 0 Å². The SMILES string of the molecule is CCCCCC[P+](CCCCCC)(CCCCCC)CCCCCCCCCCCC[P+](C)(C)C. The smallest absolute Gasteiger partial charge is 0.0594 e. The van der Waals surface area contributed by atoms with Crippen molar-refractivity contribution >= 4 is 14.5 Å². The average Bonchev–Trinajstić information content (AvgIpc) is 2.82. The largest absolute Gasteiger partial charge is 0.0654 e. The van der Waals surface area contributed by atoms with Crippen molar-refractivity contribution in [1.82, 2.24) is 0 Å². The van der Waals surface area contributed by atoms with Crippen LogP contribution in [0.1, 0.15) is 162 Å². The Morgan fingerprint density at radius 3 is 0.771 bits per heavy atom. The molecule has 0 rings (SSSR count). The highest BCUT2D eigenvalue weighted by Gasteiger charge is 2.34. The van der Waals surface area contributed by atoms with Crippen LogP contribution in [0.2, 0.25) is 0 Å². The molecule has 0 radical (unpaired) electrons. The summed E-state index contributed by atoms with van der Waals surface area (Å²) >= 11 is 0. The van der Waals surface area contributed by atoms with Gasteiger partial charge in [-0.15, -0.1) is 0 Å². The molecule has 0 aliphatic carbocycles. The minimum Gasteiger partial charge on any atom is -0.0654 e. The van der Waals surface area contributed by atoms with Crippen LogP contribution in [-0.4, -0.2) is 50.8 Å². The minimum absolute atomic E-state index is 0.532. The maximum atomic E-state index is 2.49. The van der Waals surface area contributed by atoms with E-state index in [-0.39, 0.29) is 0 Å². The van der Waals surface area contributed by atoms with Crippen molar-refractivity contribution in [2.24, 2.45) is 0 Å². The molecule has 0 aromatic carbocycles. The van der Waals surface area contributed by atoms with E-state index < -0.39 is 14.5 Å². The van der Waals surface area contributed by atoms with Gasteiger partial charge in [0.05, 0.1) is 30.8 Å². The molecular weight excluding hydrogens is 458 g/mol. The molecule has 0 nitrogen and oxygen atoms in total. The van der Waals surface area contributed by atoms with E-state index >= 15 is 0 Å². The van der Waals surface area contributed by atoms with Crippen LogP contribution in [0, 0.1) is 0 Å². The second kappa shape index (κ2) is 25.2. The van der Waals surface area contributed by atoms with Crippen LogP contribution in [0.3, 0.4) is 0 Å². The minimum atomic E-state index is -0.704. The molecule has 0 aromatic heterocycles. The summed E-state index contributed by atoms with van der Waals surface area (Å²) in [7, 11) is -1.24. The molecule has 0 fully saturated rings. The number of hydrogen-bond acceptors (Lipinski definition) is 0. The molecule has 0 spiro atoms. The molecule has 0 aromatic rings. The van der Waals surface area contributed by atoms with Crippen molar-refractivity contribution in [2.45, 2.75) is 162 Å². The lowest BCUT2D eigenvalue weighted by atomic mass is 10.1. The molecule has 0 saturated heterocycles. The first-order chi connectivity index (χ1) is 16.9. The third-order valence-electron chi connectivity index (χ3n) is 8.17. The van der Waals surface area contributed by atoms with Gasteiger partial charge in [0.15, 0.2) is 0 Å². The quantitative estimate of drug-likeness (QED) is 0.0697. The van der Waals surface area contributed by atoms with Gasteiger partial charge in [0.2, 0.25) is 0 Å². The number of unbranched alkanes of at least 4 members (excludes halogenated alkanes) is 18. The summed E-state index contributed by atoms with van der Waals surface area (Å²) in [4.78, 5) is 0. The number of rotatable bonds is 28. The summed E-state index contributed by atoms with van der Waals surface area (Å²) in [5, 5.41) is 0. The summed E-state index contributed by atoms with van der Waals surface area (Å²) in [6.45, 7) is 14.6. The van der Waals surface area contributed by atoms with Crippen molar-refractivity contribution < 1.29 is 0 Å². The topological polar surface area (TPSA) is 0 Å². The molecule has 0 aliphatic heterocycles. The summed E-state index contributed by atoms with van der Waals surface area (Å²) in [5.74, 6) is 0. The fourth-order valence-electron chi connectivity index (χ4n) is 5.74. The molecule has 2 heteroatoms. The van der Waals surface area contributed by atoms with Crippen LogP contribution < -0.4 is 0 Å². The van der Waals surface area contributed by atoms with Gasteiger partial charge in [0, 0.05) is 34.5 Å². The first-order valence-corrected chi connectivity index (χ1v) is 22.4. The zero-order valence-electron chi connectivity index (χ0n) is 26.0. The summed E-state index contributed by atoms with van der Waals surface area (Å²) < 4.78 is 0. The molecular formula is C33H72P2+2. The van der Waals surface area contributed by atoms with Crippen molar-refractivity contribution in [3.05, 3.63) is 0 Å². The van der Waals surface area contributed by atoms with Crippen LogP contribution in [0.5, 0.6) is 0 Å². The van der Waals surface area contributed by atoms with Crippen molar-refractivity contribution in [3.63, 3.8) is 0 Å². The Labute approximate surface area is 227 Å². The highest BCUT2D eigenvalue weighted by molar-refractivity contribution is 7.75. The van der Waals surface area contributed by atoms with Crippen molar-refractivity contribution in [2.75, 3.05) is 50.8 Å². The molecule has 0 amide bonds. The van der Waals surface area contributed by atoms with E-state index in [1.807, 2.05) is 0 Å². The fourth-order valence-corrected chi connectivity index (χ4v) is 11.8. The first-order valence-electron chi connectivity index (χ1n) is 16.5. The Hall–Kier alpha value is 0.860. The summed E-state index contributed by atoms with van der Waals surface area (Å²) in [5.41, 5.74) is 0. The number of hydrogen-bond donors (Lipinski definition) is 0. The van der Waals surface area contributed by atoms with Gasteiger partial charge >= 0.3 is 0 Å². The Bertz CT molecular complexity index is 381. The maximum absolute atomic E-state index is 2.49. The Kier molecular flexibility index (Phi) is 25.8. The molecule has 0 atom stereocenters. The zero-order valence-corrected chi connectivity index (χ0v) is 27.8. The second-order valence-electron chi connectivity index (χ2n) is 13.0. The maximum Gasteiger partial charge on any atom is 0.0594 e. The van der Waals surface area contributed by atoms with Gasteiger partial charge < -0.3 is 0 Å². The Morgan fingerprint density at radius 2 is 0.514 bits per heavy atom. The van der Waals surface area contributed by atoms with Crippen LogP contribution in [0.15, 0.2) is 0 Å². The Morgan fingerprint density at radius 1 is 0.286 bits per heavy atom. The van der Waals surface area contributed by atoms with Gasteiger partial charge in [0.25, 0.3) is 0 Å². The van der Waals surface area contributed by atoms with Gasteiger partial charge in [0.1, 0.15) is 0 Å². The lowest BCUT2D eigenvalue weighted by Crippen LogP contribution is -2.13. The van der Waals surface area contributed by atoms with E-state index in [9.17, 15) is 0 Å². The van der Waals surface area contributed by atoms with E-state index in [1.165, 1.54) is 122 Å². The van der Waals surface area contributed by atoms with Crippen LogP contribution in [0.4, 0.5) is 0 Å². The van der Waals surface area contributed by atoms with Gasteiger partial charge in [-0.2, -0.15) is 0 Å². The predicted octanol–water partition coefficient (Wildman–Crippen LogP) is 12.6. The van der Waals surface area contributed by atoms with Gasteiger partial charge in [-0.1, -0.05) is 97.8 Å². The molecule has 0 saturated carbocycles. The van der Waals surface area contributed by atoms with Gasteiger partial charge in [-0.3, -0.25) is 0 Å². The van der Waals surface area contributed by atoms with Crippen molar-refractivity contribution in [1.29, 1.82) is 0 Å². The van der Waals surface area contributed by atoms with E-state index in [4.69, 9.17) is 0 Å². The molecule has 212 valence electrons. The van der Waals surface area contributed by atoms with Crippen molar-refractivity contribution in [3.8, 4) is 0 Å². The third kappa shape index (κ3) is 24.9. The second-order valence-corrected chi connectivity index (χ2v) is 22.5. The molecule has 0 heterocycles. The van der Waals surface area contributed by atoms with Gasteiger partial charge in [-0.05, 0) is 64.2 Å². The van der Waals surface area contributed by atoms with Crippen LogP contribution >= 0.6 is 14.5 Å². The summed E-state index contributed by atoms with van der Waals surface area (Å²) in [6.07, 6.45) is 40.8. The fraction of sp³-hybridized carbons (Fsp3) is 1.00. The van der Waals surface area contributed by atoms with E-state index in [1.54, 1.807) is 50.3 Å². The molecule has 0 aliphatic rings. The molecule has 35 heavy (non-hydrogen) atoms. The van der Waals surface area contributed by atoms with Crippen LogP contribution in [0.25, 0.3) is 0 Å². The lowest BCUT2D eigenvalue weighted by molar-refractivity contribution is 0.562. The monoisotopic (exact) mass is 531 g/mol. The highest BCUT2D eigenvalue weighted by atomic mass is 31.2. The normalized spacial score (nSPS) is 12.5. The lowest BCUT2D eigenvalue weighted by Gasteiger charge is -2.28. The highest BCUT2D eigenvalue weighted by Crippen LogP contribution is 2.61. The third-order valence-corrected chi connectivity index (χ3v) is 14.9. The average molecular weight is 531 g/mol. The van der Waals surface area contributed by atoms with Crippen LogP contribution in [-0.2, 0) is 0 Å². The van der Waals surface area contributed by atoms with E-state index in [2.05, 4.69) is 40.8 Å². The Balaban J connectivity index is 4.30. The molecule has 0 unspecified atom stereocenters. The van der Waals surface area contributed by atoms with E-state index in [0.29, 0.717) is 0 Å². The standard InChI is InChI=1S/C33H72P2/c1-7-10-13-25-30-35(31-26-14-11-8-2,32-27-15-12-9-3)33-28-23-21-19-17-16-18-20-22-24-29-34(4,5)6/h7-33H2,1-6H3/q+2.